The number of nitrogens with one attached hydrogen (secondary N) is 2. The number of carbonyl (C=O) groups excluding carboxylic acids is 3. The Labute approximate surface area is 184 Å². The average molecular weight is 473 g/mol. The van der Waals surface area contributed by atoms with Gasteiger partial charge in [-0.2, -0.15) is 18.4 Å². The van der Waals surface area contributed by atoms with E-state index in [0.29, 0.717) is 0 Å². The Balaban J connectivity index is 2.36. The molecule has 2 rings (SSSR count). The molecule has 12 heteroatoms. The molecule has 0 bridgehead atoms. The van der Waals surface area contributed by atoms with Gasteiger partial charge in [0, 0.05) is 18.4 Å². The molecule has 2 aromatic rings. The summed E-state index contributed by atoms with van der Waals surface area (Å²) < 4.78 is 53.4. The molecule has 1 heterocycles. The van der Waals surface area contributed by atoms with Crippen molar-refractivity contribution in [1.29, 1.82) is 5.26 Å². The van der Waals surface area contributed by atoms with Gasteiger partial charge < -0.3 is 15.2 Å². The van der Waals surface area contributed by atoms with Crippen LogP contribution in [-0.2, 0) is 11.8 Å². The van der Waals surface area contributed by atoms with Crippen molar-refractivity contribution in [2.45, 2.75) is 32.5 Å². The van der Waals surface area contributed by atoms with E-state index in [9.17, 15) is 31.9 Å². The molecule has 2 amide bonds. The van der Waals surface area contributed by atoms with Gasteiger partial charge in [0.05, 0.1) is 16.1 Å². The van der Waals surface area contributed by atoms with Gasteiger partial charge in [0.15, 0.2) is 0 Å². The van der Waals surface area contributed by atoms with E-state index in [1.807, 2.05) is 0 Å². The number of alkyl halides is 3. The fraction of sp³-hybridized carbons (Fsp3) is 0.300. The predicted octanol–water partition coefficient (Wildman–Crippen LogP) is 3.89. The summed E-state index contributed by atoms with van der Waals surface area (Å²) in [6.07, 6.45) is -5.23. The van der Waals surface area contributed by atoms with E-state index in [0.717, 1.165) is 12.1 Å². The summed E-state index contributed by atoms with van der Waals surface area (Å²) in [4.78, 5) is 37.4. The predicted molar refractivity (Wildman–Crippen MR) is 107 cm³/mol. The quantitative estimate of drug-likeness (QED) is 0.378. The zero-order valence-corrected chi connectivity index (χ0v) is 17.8. The van der Waals surface area contributed by atoms with Crippen LogP contribution in [0.25, 0.3) is 0 Å². The van der Waals surface area contributed by atoms with E-state index >= 15 is 0 Å². The van der Waals surface area contributed by atoms with Crippen molar-refractivity contribution in [2.24, 2.45) is 7.05 Å². The molecule has 0 aliphatic heterocycles. The zero-order chi connectivity index (χ0) is 24.4. The number of rotatable bonds is 6. The standard InChI is InChI=1S/C20H17ClF4N4O3/c1-4-13(20(23,24)25)28-19(32)17(30)14-9(2)29(3)16(15(14)21)18(31)27-11-5-6-12(22)10(7-11)8-26/h5-7,13H,4H2,1-3H3,(H,27,31)(H,28,32). The van der Waals surface area contributed by atoms with Crippen molar-refractivity contribution in [3.8, 4) is 6.07 Å². The van der Waals surface area contributed by atoms with E-state index in [1.54, 1.807) is 11.4 Å². The fourth-order valence-electron chi connectivity index (χ4n) is 2.91. The van der Waals surface area contributed by atoms with Crippen molar-refractivity contribution in [3.63, 3.8) is 0 Å². The minimum absolute atomic E-state index is 0.0597. The maximum absolute atomic E-state index is 13.5. The van der Waals surface area contributed by atoms with Crippen LogP contribution in [0, 0.1) is 24.1 Å². The van der Waals surface area contributed by atoms with E-state index in [4.69, 9.17) is 16.9 Å². The lowest BCUT2D eigenvalue weighted by molar-refractivity contribution is -0.160. The minimum Gasteiger partial charge on any atom is -0.342 e. The SMILES string of the molecule is CCC(NC(=O)C(=O)c1c(Cl)c(C(=O)Nc2ccc(F)c(C#N)c2)n(C)c1C)C(F)(F)F. The van der Waals surface area contributed by atoms with Gasteiger partial charge in [-0.15, -0.1) is 0 Å². The van der Waals surface area contributed by atoms with Gasteiger partial charge in [-0.1, -0.05) is 18.5 Å². The van der Waals surface area contributed by atoms with Crippen LogP contribution in [0.5, 0.6) is 0 Å². The summed E-state index contributed by atoms with van der Waals surface area (Å²) in [5.41, 5.74) is -0.877. The third kappa shape index (κ3) is 4.91. The number of amides is 2. The number of halogens is 5. The Bertz CT molecular complexity index is 1140. The molecular weight excluding hydrogens is 456 g/mol. The molecule has 0 aliphatic rings. The number of hydrogen-bond acceptors (Lipinski definition) is 4. The smallest absolute Gasteiger partial charge is 0.342 e. The van der Waals surface area contributed by atoms with Gasteiger partial charge in [0.25, 0.3) is 17.6 Å². The highest BCUT2D eigenvalue weighted by molar-refractivity contribution is 6.48. The third-order valence-electron chi connectivity index (χ3n) is 4.73. The topological polar surface area (TPSA) is 104 Å². The van der Waals surface area contributed by atoms with Crippen LogP contribution in [0.3, 0.4) is 0 Å². The Morgan fingerprint density at radius 1 is 1.28 bits per heavy atom. The highest BCUT2D eigenvalue weighted by Crippen LogP contribution is 2.29. The number of aromatic nitrogens is 1. The van der Waals surface area contributed by atoms with E-state index in [-0.39, 0.29) is 22.6 Å². The summed E-state index contributed by atoms with van der Waals surface area (Å²) >= 11 is 6.16. The Morgan fingerprint density at radius 3 is 2.44 bits per heavy atom. The lowest BCUT2D eigenvalue weighted by Crippen LogP contribution is -2.47. The minimum atomic E-state index is -4.75. The normalized spacial score (nSPS) is 12.1. The van der Waals surface area contributed by atoms with Crippen LogP contribution in [0.15, 0.2) is 18.2 Å². The molecule has 1 aromatic heterocycles. The van der Waals surface area contributed by atoms with Gasteiger partial charge in [0.1, 0.15) is 23.6 Å². The lowest BCUT2D eigenvalue weighted by atomic mass is 10.1. The monoisotopic (exact) mass is 472 g/mol. The highest BCUT2D eigenvalue weighted by Gasteiger charge is 2.41. The van der Waals surface area contributed by atoms with Crippen molar-refractivity contribution >= 4 is 34.9 Å². The molecule has 0 saturated carbocycles. The Morgan fingerprint density at radius 2 is 1.91 bits per heavy atom. The number of Topliss-reactive ketones (excluding diaryl/α,β-unsaturated/α-hetero) is 1. The van der Waals surface area contributed by atoms with Gasteiger partial charge in [-0.25, -0.2) is 4.39 Å². The highest BCUT2D eigenvalue weighted by atomic mass is 35.5. The van der Waals surface area contributed by atoms with Gasteiger partial charge in [0.2, 0.25) is 0 Å². The van der Waals surface area contributed by atoms with Crippen LogP contribution in [0.1, 0.15) is 45.4 Å². The number of carbonyl (C=O) groups is 3. The van der Waals surface area contributed by atoms with E-state index in [1.165, 1.54) is 31.5 Å². The summed E-state index contributed by atoms with van der Waals surface area (Å²) in [6, 6.07) is 2.64. The molecule has 2 N–H and O–H groups in total. The molecule has 1 unspecified atom stereocenters. The van der Waals surface area contributed by atoms with Crippen molar-refractivity contribution < 1.29 is 31.9 Å². The molecule has 0 radical (unpaired) electrons. The fourth-order valence-corrected chi connectivity index (χ4v) is 3.34. The second-order valence-electron chi connectivity index (χ2n) is 6.75. The Hall–Kier alpha value is -3.39. The summed E-state index contributed by atoms with van der Waals surface area (Å²) in [6.45, 7) is 2.55. The molecule has 1 aromatic carbocycles. The van der Waals surface area contributed by atoms with Gasteiger partial charge in [-0.05, 0) is 31.5 Å². The maximum atomic E-state index is 13.5. The maximum Gasteiger partial charge on any atom is 0.408 e. The summed E-state index contributed by atoms with van der Waals surface area (Å²) in [5.74, 6) is -4.49. The van der Waals surface area contributed by atoms with E-state index < -0.39 is 52.6 Å². The van der Waals surface area contributed by atoms with Crippen molar-refractivity contribution in [1.82, 2.24) is 9.88 Å². The zero-order valence-electron chi connectivity index (χ0n) is 17.0. The molecule has 0 aliphatic carbocycles. The van der Waals surface area contributed by atoms with Crippen LogP contribution in [-0.4, -0.2) is 34.4 Å². The molecule has 0 spiro atoms. The first kappa shape index (κ1) is 24.9. The number of ketones is 1. The average Bonchev–Trinajstić information content (AvgIpc) is 2.94. The molecule has 7 nitrogen and oxygen atoms in total. The second kappa shape index (κ2) is 9.40. The first-order valence-corrected chi connectivity index (χ1v) is 9.48. The molecule has 0 saturated heterocycles. The van der Waals surface area contributed by atoms with Crippen LogP contribution < -0.4 is 10.6 Å². The van der Waals surface area contributed by atoms with Crippen molar-refractivity contribution in [2.75, 3.05) is 5.32 Å². The number of anilines is 1. The Kier molecular flexibility index (Phi) is 7.31. The third-order valence-corrected chi connectivity index (χ3v) is 5.10. The summed E-state index contributed by atoms with van der Waals surface area (Å²) in [7, 11) is 1.36. The molecule has 32 heavy (non-hydrogen) atoms. The number of nitriles is 1. The molecule has 0 fully saturated rings. The van der Waals surface area contributed by atoms with Gasteiger partial charge >= 0.3 is 6.18 Å². The first-order valence-electron chi connectivity index (χ1n) is 9.11. The number of benzene rings is 1. The van der Waals surface area contributed by atoms with E-state index in [2.05, 4.69) is 5.32 Å². The van der Waals surface area contributed by atoms with Crippen molar-refractivity contribution in [3.05, 3.63) is 51.6 Å². The lowest BCUT2D eigenvalue weighted by Gasteiger charge is -2.19. The first-order chi connectivity index (χ1) is 14.8. The van der Waals surface area contributed by atoms with Crippen LogP contribution >= 0.6 is 11.6 Å². The second-order valence-corrected chi connectivity index (χ2v) is 7.13. The summed E-state index contributed by atoms with van der Waals surface area (Å²) in [5, 5.41) is 12.5. The molecule has 1 atom stereocenters. The van der Waals surface area contributed by atoms with Gasteiger partial charge in [-0.3, -0.25) is 14.4 Å². The molecule has 170 valence electrons. The van der Waals surface area contributed by atoms with Crippen LogP contribution in [0.2, 0.25) is 5.02 Å². The molecular formula is C20H17ClF4N4O3. The van der Waals surface area contributed by atoms with Crippen LogP contribution in [0.4, 0.5) is 23.2 Å². The number of nitrogens with zero attached hydrogens (tertiary/aromatic N) is 2. The largest absolute Gasteiger partial charge is 0.408 e. The number of hydrogen-bond donors (Lipinski definition) is 2.